The van der Waals surface area contributed by atoms with Crippen LogP contribution in [0.5, 0.6) is 0 Å². The Kier molecular flexibility index (Phi) is 5.92. The van der Waals surface area contributed by atoms with Crippen LogP contribution in [-0.2, 0) is 9.59 Å². The first-order valence-corrected chi connectivity index (χ1v) is 8.31. The number of carbonyl (C=O) groups excluding carboxylic acids is 2. The Morgan fingerprint density at radius 2 is 1.80 bits per heavy atom. The number of nitrogens with one attached hydrogen (secondary N) is 1. The molecule has 2 rings (SSSR count). The van der Waals surface area contributed by atoms with E-state index in [0.29, 0.717) is 17.0 Å². The molecule has 138 valence electrons. The van der Waals surface area contributed by atoms with Crippen molar-refractivity contribution in [3.63, 3.8) is 0 Å². The van der Waals surface area contributed by atoms with E-state index in [1.54, 1.807) is 12.1 Å². The highest BCUT2D eigenvalue weighted by atomic mass is 19.4. The predicted molar refractivity (Wildman–Crippen MR) is 89.4 cm³/mol. The molecule has 0 saturated carbocycles. The van der Waals surface area contributed by atoms with Crippen molar-refractivity contribution in [2.24, 2.45) is 0 Å². The van der Waals surface area contributed by atoms with Gasteiger partial charge in [-0.05, 0) is 51.0 Å². The second-order valence-electron chi connectivity index (χ2n) is 5.86. The Labute approximate surface area is 144 Å². The molecule has 1 heterocycles. The third-order valence-corrected chi connectivity index (χ3v) is 4.32. The molecule has 1 saturated heterocycles. The lowest BCUT2D eigenvalue weighted by Crippen LogP contribution is -2.48. The molecule has 25 heavy (non-hydrogen) atoms. The number of nitrogens with zero attached hydrogens (tertiary/aromatic N) is 2. The summed E-state index contributed by atoms with van der Waals surface area (Å²) in [5, 5.41) is 2.60. The van der Waals surface area contributed by atoms with Crippen LogP contribution < -0.4 is 10.2 Å². The number of hydrogen-bond donors (Lipinski definition) is 1. The van der Waals surface area contributed by atoms with E-state index in [1.165, 1.54) is 0 Å². The summed E-state index contributed by atoms with van der Waals surface area (Å²) >= 11 is 0. The van der Waals surface area contributed by atoms with E-state index in [-0.39, 0.29) is 13.0 Å². The van der Waals surface area contributed by atoms with Crippen molar-refractivity contribution in [3.05, 3.63) is 24.3 Å². The van der Waals surface area contributed by atoms with Gasteiger partial charge in [0.2, 0.25) is 5.91 Å². The smallest absolute Gasteiger partial charge is 0.372 e. The van der Waals surface area contributed by atoms with E-state index in [2.05, 4.69) is 10.2 Å². The molecule has 1 fully saturated rings. The van der Waals surface area contributed by atoms with Crippen molar-refractivity contribution in [2.45, 2.75) is 38.9 Å². The van der Waals surface area contributed by atoms with Crippen molar-refractivity contribution in [1.29, 1.82) is 0 Å². The fourth-order valence-corrected chi connectivity index (χ4v) is 3.02. The molecule has 1 aliphatic rings. The van der Waals surface area contributed by atoms with Crippen LogP contribution in [0.25, 0.3) is 0 Å². The van der Waals surface area contributed by atoms with Crippen molar-refractivity contribution in [1.82, 2.24) is 4.90 Å². The largest absolute Gasteiger partial charge is 0.471 e. The maximum Gasteiger partial charge on any atom is 0.471 e. The molecule has 0 bridgehead atoms. The number of likely N-dealkylation sites (tertiary alicyclic amines) is 1. The summed E-state index contributed by atoms with van der Waals surface area (Å²) in [6, 6.07) is 6.01. The molecule has 0 radical (unpaired) electrons. The summed E-state index contributed by atoms with van der Waals surface area (Å²) < 4.78 is 37.9. The van der Waals surface area contributed by atoms with E-state index in [4.69, 9.17) is 0 Å². The van der Waals surface area contributed by atoms with Gasteiger partial charge in [0, 0.05) is 31.0 Å². The molecule has 1 unspecified atom stereocenters. The average molecular weight is 357 g/mol. The topological polar surface area (TPSA) is 52.7 Å². The van der Waals surface area contributed by atoms with Gasteiger partial charge in [-0.15, -0.1) is 0 Å². The molecule has 5 nitrogen and oxygen atoms in total. The average Bonchev–Trinajstić information content (AvgIpc) is 3.05. The fraction of sp³-hybridized carbons (Fsp3) is 0.529. The van der Waals surface area contributed by atoms with E-state index < -0.39 is 24.0 Å². The Hall–Kier alpha value is -2.25. The minimum Gasteiger partial charge on any atom is -0.372 e. The molecule has 8 heteroatoms. The SMILES string of the molecule is CCN(CC)c1ccc(NC(=O)C2CCCN2C(=O)C(F)(F)F)cc1. The number of carbonyl (C=O) groups is 2. The van der Waals surface area contributed by atoms with Crippen LogP contribution in [0.15, 0.2) is 24.3 Å². The molecule has 1 aliphatic heterocycles. The number of alkyl halides is 3. The Balaban J connectivity index is 2.05. The zero-order chi connectivity index (χ0) is 18.6. The van der Waals surface area contributed by atoms with Gasteiger partial charge in [0.15, 0.2) is 0 Å². The molecule has 1 aromatic rings. The number of halogens is 3. The van der Waals surface area contributed by atoms with Gasteiger partial charge in [-0.1, -0.05) is 0 Å². The number of benzene rings is 1. The van der Waals surface area contributed by atoms with E-state index >= 15 is 0 Å². The molecular formula is C17H22F3N3O2. The lowest BCUT2D eigenvalue weighted by atomic mass is 10.2. The molecular weight excluding hydrogens is 335 g/mol. The van der Waals surface area contributed by atoms with Crippen molar-refractivity contribution < 1.29 is 22.8 Å². The molecule has 0 spiro atoms. The molecule has 1 aromatic carbocycles. The molecule has 1 N–H and O–H groups in total. The summed E-state index contributed by atoms with van der Waals surface area (Å²) in [6.07, 6.45) is -4.36. The quantitative estimate of drug-likeness (QED) is 0.881. The second kappa shape index (κ2) is 7.76. The second-order valence-corrected chi connectivity index (χ2v) is 5.86. The third-order valence-electron chi connectivity index (χ3n) is 4.32. The number of rotatable bonds is 5. The normalized spacial score (nSPS) is 17.5. The van der Waals surface area contributed by atoms with Crippen LogP contribution in [-0.4, -0.2) is 48.6 Å². The van der Waals surface area contributed by atoms with Gasteiger partial charge in [-0.3, -0.25) is 9.59 Å². The summed E-state index contributed by atoms with van der Waals surface area (Å²) in [4.78, 5) is 26.5. The maximum absolute atomic E-state index is 12.6. The van der Waals surface area contributed by atoms with Crippen molar-refractivity contribution in [2.75, 3.05) is 29.9 Å². The van der Waals surface area contributed by atoms with Gasteiger partial charge in [0.05, 0.1) is 0 Å². The van der Waals surface area contributed by atoms with Gasteiger partial charge < -0.3 is 15.1 Å². The Morgan fingerprint density at radius 1 is 1.20 bits per heavy atom. The fourth-order valence-electron chi connectivity index (χ4n) is 3.02. The zero-order valence-corrected chi connectivity index (χ0v) is 14.3. The molecule has 0 aromatic heterocycles. The third kappa shape index (κ3) is 4.43. The van der Waals surface area contributed by atoms with E-state index in [0.717, 1.165) is 18.8 Å². The maximum atomic E-state index is 12.6. The summed E-state index contributed by atoms with van der Waals surface area (Å²) in [5.41, 5.74) is 1.49. The highest BCUT2D eigenvalue weighted by Gasteiger charge is 2.47. The predicted octanol–water partition coefficient (Wildman–Crippen LogP) is 3.02. The van der Waals surface area contributed by atoms with Crippen molar-refractivity contribution >= 4 is 23.2 Å². The first-order valence-electron chi connectivity index (χ1n) is 8.31. The molecule has 0 aliphatic carbocycles. The summed E-state index contributed by atoms with van der Waals surface area (Å²) in [5.74, 6) is -2.55. The number of hydrogen-bond acceptors (Lipinski definition) is 3. The Morgan fingerprint density at radius 3 is 2.32 bits per heavy atom. The first kappa shape index (κ1) is 19.1. The minimum atomic E-state index is -4.96. The zero-order valence-electron chi connectivity index (χ0n) is 14.3. The summed E-state index contributed by atoms with van der Waals surface area (Å²) in [6.45, 7) is 5.70. The van der Waals surface area contributed by atoms with Gasteiger partial charge in [-0.25, -0.2) is 0 Å². The van der Waals surface area contributed by atoms with Crippen molar-refractivity contribution in [3.8, 4) is 0 Å². The van der Waals surface area contributed by atoms with E-state index in [9.17, 15) is 22.8 Å². The highest BCUT2D eigenvalue weighted by Crippen LogP contribution is 2.26. The Bertz CT molecular complexity index is 613. The van der Waals surface area contributed by atoms with Crippen LogP contribution in [0.2, 0.25) is 0 Å². The highest BCUT2D eigenvalue weighted by molar-refractivity contribution is 5.98. The standard InChI is InChI=1S/C17H22F3N3O2/c1-3-22(4-2)13-9-7-12(8-10-13)21-15(24)14-6-5-11-23(14)16(25)17(18,19)20/h7-10,14H,3-6,11H2,1-2H3,(H,21,24). The molecule has 1 atom stereocenters. The van der Waals surface area contributed by atoms with Crippen LogP contribution in [0.3, 0.4) is 0 Å². The number of amides is 2. The van der Waals surface area contributed by atoms with Crippen LogP contribution >= 0.6 is 0 Å². The summed E-state index contributed by atoms with van der Waals surface area (Å²) in [7, 11) is 0. The van der Waals surface area contributed by atoms with Gasteiger partial charge in [-0.2, -0.15) is 13.2 Å². The number of anilines is 2. The van der Waals surface area contributed by atoms with Crippen LogP contribution in [0.4, 0.5) is 24.5 Å². The van der Waals surface area contributed by atoms with Gasteiger partial charge in [0.25, 0.3) is 0 Å². The van der Waals surface area contributed by atoms with E-state index in [1.807, 2.05) is 26.0 Å². The minimum absolute atomic E-state index is 0.0582. The van der Waals surface area contributed by atoms with Gasteiger partial charge in [0.1, 0.15) is 6.04 Å². The lowest BCUT2D eigenvalue weighted by molar-refractivity contribution is -0.186. The van der Waals surface area contributed by atoms with Crippen LogP contribution in [0.1, 0.15) is 26.7 Å². The van der Waals surface area contributed by atoms with Gasteiger partial charge >= 0.3 is 12.1 Å². The monoisotopic (exact) mass is 357 g/mol. The first-order chi connectivity index (χ1) is 11.8. The molecule has 2 amide bonds. The van der Waals surface area contributed by atoms with Crippen LogP contribution in [0, 0.1) is 0 Å². The lowest BCUT2D eigenvalue weighted by Gasteiger charge is -2.25.